The van der Waals surface area contributed by atoms with Gasteiger partial charge in [-0.2, -0.15) is 0 Å². The topological polar surface area (TPSA) is 95.9 Å². The number of aliphatic hydroxyl groups excluding tert-OH is 2. The Morgan fingerprint density at radius 1 is 0.391 bits per heavy atom. The Kier molecular flexibility index (Phi) is 58.0. The zero-order valence-electron chi connectivity index (χ0n) is 46.8. The Labute approximate surface area is 431 Å². The van der Waals surface area contributed by atoms with Crippen LogP contribution < -0.4 is 5.32 Å². The maximum atomic E-state index is 12.5. The highest BCUT2D eigenvalue weighted by molar-refractivity contribution is 5.76. The zero-order valence-corrected chi connectivity index (χ0v) is 46.8. The van der Waals surface area contributed by atoms with Gasteiger partial charge in [-0.15, -0.1) is 0 Å². The Bertz CT molecular complexity index is 1030. The molecule has 0 aliphatic rings. The van der Waals surface area contributed by atoms with Crippen LogP contribution in [-0.2, 0) is 14.3 Å². The molecular formula is C63H123NO5. The van der Waals surface area contributed by atoms with Crippen LogP contribution in [0.1, 0.15) is 354 Å². The molecule has 410 valence electrons. The van der Waals surface area contributed by atoms with Crippen LogP contribution in [-0.4, -0.2) is 47.4 Å². The fraction of sp³-hybridized carbons (Fsp3) is 0.937. The van der Waals surface area contributed by atoms with Crippen LogP contribution >= 0.6 is 0 Å². The van der Waals surface area contributed by atoms with E-state index in [2.05, 4.69) is 19.2 Å². The molecule has 0 radical (unpaired) electrons. The molecule has 0 aliphatic carbocycles. The van der Waals surface area contributed by atoms with E-state index >= 15 is 0 Å². The second-order valence-electron chi connectivity index (χ2n) is 21.8. The van der Waals surface area contributed by atoms with Gasteiger partial charge in [0.15, 0.2) is 0 Å². The summed E-state index contributed by atoms with van der Waals surface area (Å²) in [5.74, 6) is -0.0500. The van der Waals surface area contributed by atoms with Gasteiger partial charge in [0, 0.05) is 12.8 Å². The van der Waals surface area contributed by atoms with Gasteiger partial charge in [-0.3, -0.25) is 9.59 Å². The zero-order chi connectivity index (χ0) is 50.0. The van der Waals surface area contributed by atoms with E-state index in [4.69, 9.17) is 4.74 Å². The van der Waals surface area contributed by atoms with Crippen LogP contribution in [0.25, 0.3) is 0 Å². The monoisotopic (exact) mass is 974 g/mol. The second kappa shape index (κ2) is 59.2. The van der Waals surface area contributed by atoms with Gasteiger partial charge >= 0.3 is 5.97 Å². The van der Waals surface area contributed by atoms with Gasteiger partial charge in [-0.1, -0.05) is 321 Å². The van der Waals surface area contributed by atoms with Gasteiger partial charge in [-0.05, 0) is 32.1 Å². The molecule has 0 spiro atoms. The molecule has 6 heteroatoms. The first kappa shape index (κ1) is 67.6. The Hall–Kier alpha value is -1.40. The molecule has 0 aliphatic heterocycles. The van der Waals surface area contributed by atoms with Crippen LogP contribution in [0.4, 0.5) is 0 Å². The van der Waals surface area contributed by atoms with Crippen LogP contribution in [0, 0.1) is 0 Å². The molecule has 2 unspecified atom stereocenters. The van der Waals surface area contributed by atoms with Crippen LogP contribution in [0.5, 0.6) is 0 Å². The van der Waals surface area contributed by atoms with Crippen molar-refractivity contribution < 1.29 is 24.5 Å². The van der Waals surface area contributed by atoms with Gasteiger partial charge in [0.05, 0.1) is 25.4 Å². The first-order valence-corrected chi connectivity index (χ1v) is 31.5. The number of carbonyl (C=O) groups is 2. The number of esters is 1. The van der Waals surface area contributed by atoms with Crippen molar-refractivity contribution in [3.63, 3.8) is 0 Å². The fourth-order valence-corrected chi connectivity index (χ4v) is 9.99. The fourth-order valence-electron chi connectivity index (χ4n) is 9.99. The lowest BCUT2D eigenvalue weighted by Gasteiger charge is -2.20. The van der Waals surface area contributed by atoms with Crippen molar-refractivity contribution in [2.75, 3.05) is 13.2 Å². The minimum Gasteiger partial charge on any atom is -0.466 e. The Morgan fingerprint density at radius 2 is 0.667 bits per heavy atom. The summed E-state index contributed by atoms with van der Waals surface area (Å²) in [6.07, 6.45) is 71.1. The highest BCUT2D eigenvalue weighted by Gasteiger charge is 2.18. The van der Waals surface area contributed by atoms with Crippen molar-refractivity contribution in [3.05, 3.63) is 12.2 Å². The number of unbranched alkanes of at least 4 members (excludes halogenated alkanes) is 48. The van der Waals surface area contributed by atoms with E-state index < -0.39 is 12.1 Å². The number of rotatable bonds is 59. The molecule has 6 nitrogen and oxygen atoms in total. The van der Waals surface area contributed by atoms with Gasteiger partial charge in [0.2, 0.25) is 5.91 Å². The van der Waals surface area contributed by atoms with Gasteiger partial charge < -0.3 is 20.3 Å². The number of carbonyl (C=O) groups excluding carboxylic acids is 2. The summed E-state index contributed by atoms with van der Waals surface area (Å²) in [5.41, 5.74) is 0. The van der Waals surface area contributed by atoms with Crippen molar-refractivity contribution in [2.45, 2.75) is 366 Å². The molecule has 2 atom stereocenters. The molecule has 3 N–H and O–H groups in total. The molecule has 0 bridgehead atoms. The Balaban J connectivity index is 3.40. The molecule has 0 rings (SSSR count). The number of hydrogen-bond donors (Lipinski definition) is 3. The molecule has 0 saturated carbocycles. The highest BCUT2D eigenvalue weighted by atomic mass is 16.5. The predicted molar refractivity (Wildman–Crippen MR) is 301 cm³/mol. The van der Waals surface area contributed by atoms with Gasteiger partial charge in [-0.25, -0.2) is 0 Å². The van der Waals surface area contributed by atoms with E-state index in [0.717, 1.165) is 38.5 Å². The molecule has 0 aromatic carbocycles. The summed E-state index contributed by atoms with van der Waals surface area (Å²) in [7, 11) is 0. The summed E-state index contributed by atoms with van der Waals surface area (Å²) in [4.78, 5) is 24.5. The molecule has 0 fully saturated rings. The lowest BCUT2D eigenvalue weighted by molar-refractivity contribution is -0.143. The molecule has 0 aromatic rings. The maximum Gasteiger partial charge on any atom is 0.305 e. The molecule has 69 heavy (non-hydrogen) atoms. The molecule has 0 saturated heterocycles. The average Bonchev–Trinajstić information content (AvgIpc) is 3.35. The number of allylic oxidation sites excluding steroid dienone is 1. The number of ether oxygens (including phenoxy) is 1. The van der Waals surface area contributed by atoms with E-state index in [9.17, 15) is 19.8 Å². The average molecular weight is 975 g/mol. The minimum absolute atomic E-state index is 0.0142. The number of nitrogens with one attached hydrogen (secondary N) is 1. The smallest absolute Gasteiger partial charge is 0.305 e. The van der Waals surface area contributed by atoms with Crippen LogP contribution in [0.15, 0.2) is 12.2 Å². The van der Waals surface area contributed by atoms with E-state index in [-0.39, 0.29) is 18.5 Å². The summed E-state index contributed by atoms with van der Waals surface area (Å²) in [6.45, 7) is 4.93. The van der Waals surface area contributed by atoms with Crippen molar-refractivity contribution in [2.24, 2.45) is 0 Å². The van der Waals surface area contributed by atoms with E-state index in [0.29, 0.717) is 19.4 Å². The minimum atomic E-state index is -0.843. The van der Waals surface area contributed by atoms with Crippen LogP contribution in [0.2, 0.25) is 0 Å². The summed E-state index contributed by atoms with van der Waals surface area (Å²) >= 11 is 0. The third-order valence-electron chi connectivity index (χ3n) is 14.8. The number of hydrogen-bond acceptors (Lipinski definition) is 5. The molecular weight excluding hydrogens is 851 g/mol. The quantitative estimate of drug-likeness (QED) is 0.0321. The van der Waals surface area contributed by atoms with E-state index in [1.807, 2.05) is 6.08 Å². The molecule has 0 heterocycles. The first-order valence-electron chi connectivity index (χ1n) is 31.5. The second-order valence-corrected chi connectivity index (χ2v) is 21.8. The number of amides is 1. The van der Waals surface area contributed by atoms with Crippen LogP contribution in [0.3, 0.4) is 0 Å². The largest absolute Gasteiger partial charge is 0.466 e. The lowest BCUT2D eigenvalue weighted by Crippen LogP contribution is -2.45. The third kappa shape index (κ3) is 55.8. The van der Waals surface area contributed by atoms with Gasteiger partial charge in [0.1, 0.15) is 0 Å². The molecule has 1 amide bonds. The summed E-state index contributed by atoms with van der Waals surface area (Å²) in [5, 5.41) is 23.2. The van der Waals surface area contributed by atoms with E-state index in [1.54, 1.807) is 6.08 Å². The van der Waals surface area contributed by atoms with Crippen molar-refractivity contribution >= 4 is 11.9 Å². The molecule has 0 aromatic heterocycles. The first-order chi connectivity index (χ1) is 34.0. The van der Waals surface area contributed by atoms with Crippen molar-refractivity contribution in [3.8, 4) is 0 Å². The standard InChI is InChI=1S/C63H123NO5/c1-3-5-7-9-11-13-15-16-17-18-26-29-32-36-39-43-47-51-55-61(66)60(59-65)64-62(67)56-52-48-44-40-37-33-30-27-24-22-20-19-21-23-25-28-31-34-38-42-46-50-54-58-69-63(68)57-53-49-45-41-35-14-12-10-8-6-4-2/h51,55,60-61,65-66H,3-50,52-54,56-59H2,1-2H3,(H,64,67)/b55-51+. The normalized spacial score (nSPS) is 12.6. The predicted octanol–water partition coefficient (Wildman–Crippen LogP) is 19.6. The highest BCUT2D eigenvalue weighted by Crippen LogP contribution is 2.18. The lowest BCUT2D eigenvalue weighted by atomic mass is 10.0. The number of aliphatic hydroxyl groups is 2. The van der Waals surface area contributed by atoms with Crippen molar-refractivity contribution in [1.29, 1.82) is 0 Å². The maximum absolute atomic E-state index is 12.5. The SMILES string of the molecule is CCCCCCCCCCCCCCCCCC/C=C/C(O)C(CO)NC(=O)CCCCCCCCCCCCCCCCCCCCCCCCCOC(=O)CCCCCCCCCCCCC. The van der Waals surface area contributed by atoms with Gasteiger partial charge in [0.25, 0.3) is 0 Å². The third-order valence-corrected chi connectivity index (χ3v) is 14.8. The van der Waals surface area contributed by atoms with Crippen molar-refractivity contribution in [1.82, 2.24) is 5.32 Å². The van der Waals surface area contributed by atoms with E-state index in [1.165, 1.54) is 289 Å². The Morgan fingerprint density at radius 3 is 0.986 bits per heavy atom. The summed E-state index contributed by atoms with van der Waals surface area (Å²) in [6, 6.07) is -0.627. The summed E-state index contributed by atoms with van der Waals surface area (Å²) < 4.78 is 5.47.